The molecule has 0 bridgehead atoms. The molecule has 0 unspecified atom stereocenters. The highest BCUT2D eigenvalue weighted by molar-refractivity contribution is 6.02. The van der Waals surface area contributed by atoms with E-state index in [-0.39, 0.29) is 17.4 Å². The number of anilines is 1. The molecule has 0 aliphatic carbocycles. The van der Waals surface area contributed by atoms with Crippen molar-refractivity contribution < 1.29 is 19.4 Å². The van der Waals surface area contributed by atoms with Crippen LogP contribution in [-0.2, 0) is 4.79 Å². The van der Waals surface area contributed by atoms with Crippen LogP contribution in [0.3, 0.4) is 0 Å². The average molecular weight is 469 g/mol. The summed E-state index contributed by atoms with van der Waals surface area (Å²) in [6, 6.07) is 19.1. The fourth-order valence-corrected chi connectivity index (χ4v) is 3.42. The van der Waals surface area contributed by atoms with Gasteiger partial charge in [-0.2, -0.15) is 0 Å². The zero-order valence-electron chi connectivity index (χ0n) is 19.1. The van der Waals surface area contributed by atoms with Crippen LogP contribution in [0, 0.1) is 0 Å². The third kappa shape index (κ3) is 5.56. The van der Waals surface area contributed by atoms with E-state index < -0.39 is 5.56 Å². The van der Waals surface area contributed by atoms with Gasteiger partial charge in [0.15, 0.2) is 11.5 Å². The Bertz CT molecular complexity index is 1500. The van der Waals surface area contributed by atoms with Crippen molar-refractivity contribution in [3.8, 4) is 11.5 Å². The molecule has 8 heteroatoms. The minimum Gasteiger partial charge on any atom is -0.507 e. The summed E-state index contributed by atoms with van der Waals surface area (Å²) in [5.74, 6) is 0.646. The summed E-state index contributed by atoms with van der Waals surface area (Å²) in [5, 5.41) is 13.3. The number of ether oxygens (including phenoxy) is 2. The number of aliphatic hydroxyl groups excluding tert-OH is 1. The SMILES string of the molecule is COc1ccc(/C=C/C(=O)Nc2cccc(/C(O)=C\c3nc4ccccc4[nH]c3=O)c2)cc1OC. The van der Waals surface area contributed by atoms with Gasteiger partial charge in [-0.15, -0.1) is 0 Å². The van der Waals surface area contributed by atoms with Crippen LogP contribution in [0.1, 0.15) is 16.8 Å². The minimum atomic E-state index is -0.417. The van der Waals surface area contributed by atoms with Gasteiger partial charge in [0.1, 0.15) is 11.5 Å². The molecule has 176 valence electrons. The molecule has 0 radical (unpaired) electrons. The number of aliphatic hydroxyl groups is 1. The number of nitrogens with zero attached hydrogens (tertiary/aromatic N) is 1. The zero-order valence-corrected chi connectivity index (χ0v) is 19.1. The van der Waals surface area contributed by atoms with Crippen LogP contribution in [0.5, 0.6) is 11.5 Å². The second-order valence-electron chi connectivity index (χ2n) is 7.52. The maximum Gasteiger partial charge on any atom is 0.274 e. The molecule has 35 heavy (non-hydrogen) atoms. The first-order valence-electron chi connectivity index (χ1n) is 10.7. The van der Waals surface area contributed by atoms with Gasteiger partial charge in [0.2, 0.25) is 5.91 Å². The van der Waals surface area contributed by atoms with Gasteiger partial charge < -0.3 is 24.9 Å². The number of H-pyrrole nitrogens is 1. The van der Waals surface area contributed by atoms with E-state index in [0.29, 0.717) is 33.8 Å². The molecule has 8 nitrogen and oxygen atoms in total. The molecular weight excluding hydrogens is 446 g/mol. The van der Waals surface area contributed by atoms with E-state index >= 15 is 0 Å². The highest BCUT2D eigenvalue weighted by atomic mass is 16.5. The summed E-state index contributed by atoms with van der Waals surface area (Å²) >= 11 is 0. The smallest absolute Gasteiger partial charge is 0.274 e. The molecule has 0 saturated carbocycles. The van der Waals surface area contributed by atoms with E-state index in [1.165, 1.54) is 12.2 Å². The van der Waals surface area contributed by atoms with Crippen LogP contribution in [0.4, 0.5) is 5.69 Å². The quantitative estimate of drug-likeness (QED) is 0.268. The molecule has 3 N–H and O–H groups in total. The second kappa shape index (κ2) is 10.4. The van der Waals surface area contributed by atoms with Crippen molar-refractivity contribution in [2.75, 3.05) is 19.5 Å². The Hall–Kier alpha value is -4.85. The van der Waals surface area contributed by atoms with Crippen LogP contribution in [0.2, 0.25) is 0 Å². The molecule has 1 aromatic heterocycles. The van der Waals surface area contributed by atoms with Gasteiger partial charge in [0, 0.05) is 23.4 Å². The Kier molecular flexibility index (Phi) is 6.92. The molecule has 0 aliphatic heterocycles. The maximum atomic E-state index is 12.4. The number of methoxy groups -OCH3 is 2. The van der Waals surface area contributed by atoms with Crippen molar-refractivity contribution in [3.05, 3.63) is 100.0 Å². The van der Waals surface area contributed by atoms with E-state index in [1.807, 2.05) is 6.07 Å². The Morgan fingerprint density at radius 3 is 2.60 bits per heavy atom. The Morgan fingerprint density at radius 1 is 1.00 bits per heavy atom. The standard InChI is InChI=1S/C27H23N3O5/c1-34-24-12-10-17(14-25(24)35-2)11-13-26(32)28-19-7-5-6-18(15-19)23(31)16-22-27(33)30-21-9-4-3-8-20(21)29-22/h3-16,31H,1-2H3,(H,28,32)(H,30,33)/b13-11+,23-16+. The third-order valence-electron chi connectivity index (χ3n) is 5.16. The fraction of sp³-hybridized carbons (Fsp3) is 0.0741. The molecule has 0 atom stereocenters. The van der Waals surface area contributed by atoms with Gasteiger partial charge in [0.05, 0.1) is 25.3 Å². The number of carbonyl (C=O) groups is 1. The molecule has 0 spiro atoms. The summed E-state index contributed by atoms with van der Waals surface area (Å²) in [7, 11) is 3.10. The first-order valence-corrected chi connectivity index (χ1v) is 10.7. The van der Waals surface area contributed by atoms with Crippen LogP contribution in [-0.4, -0.2) is 35.2 Å². The summed E-state index contributed by atoms with van der Waals surface area (Å²) in [5.41, 5.74) is 2.54. The lowest BCUT2D eigenvalue weighted by atomic mass is 10.1. The van der Waals surface area contributed by atoms with E-state index in [4.69, 9.17) is 9.47 Å². The summed E-state index contributed by atoms with van der Waals surface area (Å²) in [6.45, 7) is 0. The topological polar surface area (TPSA) is 114 Å². The van der Waals surface area contributed by atoms with Crippen molar-refractivity contribution in [1.82, 2.24) is 9.97 Å². The zero-order chi connectivity index (χ0) is 24.8. The van der Waals surface area contributed by atoms with E-state index in [1.54, 1.807) is 81.0 Å². The molecular formula is C27H23N3O5. The predicted molar refractivity (Wildman–Crippen MR) is 137 cm³/mol. The van der Waals surface area contributed by atoms with Crippen LogP contribution < -0.4 is 20.3 Å². The Morgan fingerprint density at radius 2 is 1.80 bits per heavy atom. The Balaban J connectivity index is 1.50. The van der Waals surface area contributed by atoms with Crippen molar-refractivity contribution >= 4 is 40.5 Å². The molecule has 0 saturated heterocycles. The van der Waals surface area contributed by atoms with Crippen molar-refractivity contribution in [1.29, 1.82) is 0 Å². The maximum absolute atomic E-state index is 12.4. The average Bonchev–Trinajstić information content (AvgIpc) is 2.87. The largest absolute Gasteiger partial charge is 0.507 e. The number of nitrogens with one attached hydrogen (secondary N) is 2. The molecule has 1 amide bonds. The van der Waals surface area contributed by atoms with E-state index in [9.17, 15) is 14.7 Å². The lowest BCUT2D eigenvalue weighted by Gasteiger charge is -2.08. The number of carbonyl (C=O) groups excluding carboxylic acids is 1. The molecule has 4 aromatic rings. The number of benzene rings is 3. The van der Waals surface area contributed by atoms with Crippen LogP contribution >= 0.6 is 0 Å². The van der Waals surface area contributed by atoms with Gasteiger partial charge >= 0.3 is 0 Å². The summed E-state index contributed by atoms with van der Waals surface area (Å²) in [6.07, 6.45) is 4.33. The van der Waals surface area contributed by atoms with Crippen LogP contribution in [0.25, 0.3) is 28.9 Å². The molecule has 0 aliphatic rings. The number of fused-ring (bicyclic) bond motifs is 1. The number of amides is 1. The first-order chi connectivity index (χ1) is 17.0. The number of para-hydroxylation sites is 2. The fourth-order valence-electron chi connectivity index (χ4n) is 3.42. The Labute approximate surface area is 201 Å². The highest BCUT2D eigenvalue weighted by Crippen LogP contribution is 2.28. The molecule has 1 heterocycles. The number of aromatic nitrogens is 2. The van der Waals surface area contributed by atoms with Crippen LogP contribution in [0.15, 0.2) is 77.6 Å². The van der Waals surface area contributed by atoms with E-state index in [0.717, 1.165) is 5.56 Å². The molecule has 0 fully saturated rings. The minimum absolute atomic E-state index is 0.0773. The summed E-state index contributed by atoms with van der Waals surface area (Å²) < 4.78 is 10.5. The van der Waals surface area contributed by atoms with Gasteiger partial charge in [0.25, 0.3) is 5.56 Å². The van der Waals surface area contributed by atoms with Crippen molar-refractivity contribution in [3.63, 3.8) is 0 Å². The molecule has 4 rings (SSSR count). The normalized spacial score (nSPS) is 11.5. The van der Waals surface area contributed by atoms with Gasteiger partial charge in [-0.25, -0.2) is 4.98 Å². The first kappa shape index (κ1) is 23.3. The van der Waals surface area contributed by atoms with Gasteiger partial charge in [-0.05, 0) is 48.0 Å². The second-order valence-corrected chi connectivity index (χ2v) is 7.52. The van der Waals surface area contributed by atoms with Crippen molar-refractivity contribution in [2.24, 2.45) is 0 Å². The lowest BCUT2D eigenvalue weighted by Crippen LogP contribution is -2.12. The van der Waals surface area contributed by atoms with Crippen molar-refractivity contribution in [2.45, 2.75) is 0 Å². The monoisotopic (exact) mass is 469 g/mol. The van der Waals surface area contributed by atoms with Gasteiger partial charge in [-0.1, -0.05) is 30.3 Å². The number of aromatic amines is 1. The number of hydrogen-bond acceptors (Lipinski definition) is 6. The molecule has 3 aromatic carbocycles. The lowest BCUT2D eigenvalue weighted by molar-refractivity contribution is -0.111. The summed E-state index contributed by atoms with van der Waals surface area (Å²) in [4.78, 5) is 31.8. The highest BCUT2D eigenvalue weighted by Gasteiger charge is 2.08. The van der Waals surface area contributed by atoms with Gasteiger partial charge in [-0.3, -0.25) is 9.59 Å². The number of rotatable bonds is 7. The van der Waals surface area contributed by atoms with E-state index in [2.05, 4.69) is 15.3 Å². The third-order valence-corrected chi connectivity index (χ3v) is 5.16. The number of hydrogen-bond donors (Lipinski definition) is 3. The predicted octanol–water partition coefficient (Wildman–Crippen LogP) is 4.65.